The van der Waals surface area contributed by atoms with E-state index in [4.69, 9.17) is 9.47 Å². The van der Waals surface area contributed by atoms with Gasteiger partial charge in [0.2, 0.25) is 0 Å². The van der Waals surface area contributed by atoms with Crippen LogP contribution in [-0.4, -0.2) is 49.5 Å². The van der Waals surface area contributed by atoms with Gasteiger partial charge in [-0.25, -0.2) is 0 Å². The Kier molecular flexibility index (Phi) is 5.03. The van der Waals surface area contributed by atoms with E-state index < -0.39 is 0 Å². The predicted octanol–water partition coefficient (Wildman–Crippen LogP) is 1.91. The first-order valence-corrected chi connectivity index (χ1v) is 5.94. The van der Waals surface area contributed by atoms with Crippen LogP contribution in [0.15, 0.2) is 0 Å². The molecule has 0 radical (unpaired) electrons. The van der Waals surface area contributed by atoms with E-state index >= 15 is 0 Å². The van der Waals surface area contributed by atoms with Gasteiger partial charge in [-0.1, -0.05) is 0 Å². The van der Waals surface area contributed by atoms with Crippen LogP contribution in [0, 0.1) is 0 Å². The van der Waals surface area contributed by atoms with Crippen molar-refractivity contribution in [3.05, 3.63) is 0 Å². The monoisotopic (exact) mass is 215 g/mol. The summed E-state index contributed by atoms with van der Waals surface area (Å²) in [6.45, 7) is 13.3. The summed E-state index contributed by atoms with van der Waals surface area (Å²) < 4.78 is 11.1. The molecular formula is C12H25NO2. The Morgan fingerprint density at radius 2 is 1.87 bits per heavy atom. The highest BCUT2D eigenvalue weighted by Crippen LogP contribution is 2.15. The van der Waals surface area contributed by atoms with Gasteiger partial charge in [-0.05, 0) is 34.1 Å². The van der Waals surface area contributed by atoms with Crippen molar-refractivity contribution in [1.82, 2.24) is 4.90 Å². The third-order valence-electron chi connectivity index (χ3n) is 2.77. The van der Waals surface area contributed by atoms with E-state index in [0.29, 0.717) is 6.10 Å². The zero-order valence-corrected chi connectivity index (χ0v) is 10.6. The van der Waals surface area contributed by atoms with Crippen molar-refractivity contribution in [3.63, 3.8) is 0 Å². The first-order chi connectivity index (χ1) is 7.00. The first kappa shape index (κ1) is 12.9. The van der Waals surface area contributed by atoms with Crippen molar-refractivity contribution >= 4 is 0 Å². The predicted molar refractivity (Wildman–Crippen MR) is 62.2 cm³/mol. The SMILES string of the molecule is CC1CN(C(C)(C)C)CCCOCCO1. The van der Waals surface area contributed by atoms with Crippen LogP contribution in [-0.2, 0) is 9.47 Å². The number of hydrogen-bond acceptors (Lipinski definition) is 3. The Morgan fingerprint density at radius 3 is 2.53 bits per heavy atom. The fourth-order valence-electron chi connectivity index (χ4n) is 1.83. The fourth-order valence-corrected chi connectivity index (χ4v) is 1.83. The third kappa shape index (κ3) is 4.96. The van der Waals surface area contributed by atoms with Crippen molar-refractivity contribution in [2.45, 2.75) is 45.8 Å². The van der Waals surface area contributed by atoms with Gasteiger partial charge in [0, 0.05) is 25.2 Å². The molecule has 1 aliphatic heterocycles. The molecule has 1 aliphatic rings. The van der Waals surface area contributed by atoms with Gasteiger partial charge in [0.25, 0.3) is 0 Å². The zero-order valence-electron chi connectivity index (χ0n) is 10.6. The maximum Gasteiger partial charge on any atom is 0.0704 e. The maximum atomic E-state index is 5.68. The molecule has 0 aromatic heterocycles. The summed E-state index contributed by atoms with van der Waals surface area (Å²) in [5.41, 5.74) is 0.219. The van der Waals surface area contributed by atoms with E-state index in [1.807, 2.05) is 0 Å². The van der Waals surface area contributed by atoms with E-state index in [9.17, 15) is 0 Å². The molecule has 1 heterocycles. The normalized spacial score (nSPS) is 27.6. The molecule has 0 aromatic rings. The van der Waals surface area contributed by atoms with Gasteiger partial charge in [-0.15, -0.1) is 0 Å². The zero-order chi connectivity index (χ0) is 11.3. The number of nitrogens with zero attached hydrogens (tertiary/aromatic N) is 1. The molecule has 0 bridgehead atoms. The summed E-state index contributed by atoms with van der Waals surface area (Å²) >= 11 is 0. The van der Waals surface area contributed by atoms with Crippen LogP contribution in [0.4, 0.5) is 0 Å². The summed E-state index contributed by atoms with van der Waals surface area (Å²) in [5, 5.41) is 0. The van der Waals surface area contributed by atoms with Crippen molar-refractivity contribution in [1.29, 1.82) is 0 Å². The first-order valence-electron chi connectivity index (χ1n) is 5.94. The van der Waals surface area contributed by atoms with Gasteiger partial charge in [0.05, 0.1) is 19.3 Å². The average Bonchev–Trinajstić information content (AvgIpc) is 2.13. The topological polar surface area (TPSA) is 21.7 Å². The molecular weight excluding hydrogens is 190 g/mol. The molecule has 0 aromatic carbocycles. The largest absolute Gasteiger partial charge is 0.379 e. The van der Waals surface area contributed by atoms with Gasteiger partial charge < -0.3 is 9.47 Å². The minimum absolute atomic E-state index is 0.219. The standard InChI is InChI=1S/C12H25NO2/c1-11-10-13(12(2,3)4)6-5-7-14-8-9-15-11/h11H,5-10H2,1-4H3. The van der Waals surface area contributed by atoms with E-state index in [2.05, 4.69) is 32.6 Å². The molecule has 3 heteroatoms. The Hall–Kier alpha value is -0.120. The van der Waals surface area contributed by atoms with Gasteiger partial charge in [0.15, 0.2) is 0 Å². The van der Waals surface area contributed by atoms with E-state index in [0.717, 1.165) is 39.3 Å². The van der Waals surface area contributed by atoms with Crippen molar-refractivity contribution in [2.24, 2.45) is 0 Å². The lowest BCUT2D eigenvalue weighted by Crippen LogP contribution is -2.46. The lowest BCUT2D eigenvalue weighted by atomic mass is 10.0. The van der Waals surface area contributed by atoms with E-state index in [1.54, 1.807) is 0 Å². The van der Waals surface area contributed by atoms with Gasteiger partial charge >= 0.3 is 0 Å². The highest BCUT2D eigenvalue weighted by Gasteiger charge is 2.23. The molecule has 1 atom stereocenters. The second-order valence-corrected chi connectivity index (χ2v) is 5.26. The quantitative estimate of drug-likeness (QED) is 0.616. The number of rotatable bonds is 0. The summed E-state index contributed by atoms with van der Waals surface area (Å²) in [6, 6.07) is 0. The minimum Gasteiger partial charge on any atom is -0.379 e. The van der Waals surface area contributed by atoms with Crippen molar-refractivity contribution in [3.8, 4) is 0 Å². The van der Waals surface area contributed by atoms with Crippen LogP contribution in [0.2, 0.25) is 0 Å². The summed E-state index contributed by atoms with van der Waals surface area (Å²) in [5.74, 6) is 0. The van der Waals surface area contributed by atoms with Crippen LogP contribution in [0.3, 0.4) is 0 Å². The molecule has 0 spiro atoms. The van der Waals surface area contributed by atoms with E-state index in [1.165, 1.54) is 0 Å². The van der Waals surface area contributed by atoms with Crippen molar-refractivity contribution in [2.75, 3.05) is 32.9 Å². The summed E-state index contributed by atoms with van der Waals surface area (Å²) in [6.07, 6.45) is 1.41. The lowest BCUT2D eigenvalue weighted by molar-refractivity contribution is -0.0314. The molecule has 1 fully saturated rings. The molecule has 90 valence electrons. The Bertz CT molecular complexity index is 177. The molecule has 1 rings (SSSR count). The Balaban J connectivity index is 2.51. The van der Waals surface area contributed by atoms with Crippen LogP contribution in [0.5, 0.6) is 0 Å². The maximum absolute atomic E-state index is 5.68. The van der Waals surface area contributed by atoms with Crippen LogP contribution in [0.1, 0.15) is 34.1 Å². The molecule has 0 amide bonds. The number of ether oxygens (including phenoxy) is 2. The third-order valence-corrected chi connectivity index (χ3v) is 2.77. The van der Waals surface area contributed by atoms with Crippen LogP contribution in [0.25, 0.3) is 0 Å². The summed E-state index contributed by atoms with van der Waals surface area (Å²) in [7, 11) is 0. The second-order valence-electron chi connectivity index (χ2n) is 5.26. The smallest absolute Gasteiger partial charge is 0.0704 e. The second kappa shape index (κ2) is 5.83. The van der Waals surface area contributed by atoms with Crippen molar-refractivity contribution < 1.29 is 9.47 Å². The van der Waals surface area contributed by atoms with E-state index in [-0.39, 0.29) is 5.54 Å². The molecule has 3 nitrogen and oxygen atoms in total. The van der Waals surface area contributed by atoms with Gasteiger partial charge in [-0.3, -0.25) is 4.90 Å². The molecule has 1 unspecified atom stereocenters. The van der Waals surface area contributed by atoms with Gasteiger partial charge in [0.1, 0.15) is 0 Å². The highest BCUT2D eigenvalue weighted by molar-refractivity contribution is 4.78. The molecule has 0 saturated carbocycles. The van der Waals surface area contributed by atoms with Crippen LogP contribution >= 0.6 is 0 Å². The molecule has 0 N–H and O–H groups in total. The van der Waals surface area contributed by atoms with Crippen LogP contribution < -0.4 is 0 Å². The van der Waals surface area contributed by atoms with Gasteiger partial charge in [-0.2, -0.15) is 0 Å². The Morgan fingerprint density at radius 1 is 1.13 bits per heavy atom. The minimum atomic E-state index is 0.219. The average molecular weight is 215 g/mol. The fraction of sp³-hybridized carbons (Fsp3) is 1.00. The molecule has 1 saturated heterocycles. The summed E-state index contributed by atoms with van der Waals surface area (Å²) in [4.78, 5) is 2.48. The highest BCUT2D eigenvalue weighted by atomic mass is 16.5. The molecule has 15 heavy (non-hydrogen) atoms. The Labute approximate surface area is 93.7 Å². The lowest BCUT2D eigenvalue weighted by Gasteiger charge is -2.37. The number of hydrogen-bond donors (Lipinski definition) is 0. The molecule has 0 aliphatic carbocycles.